The minimum atomic E-state index is -0.128. The molecule has 0 fully saturated rings. The second-order valence-corrected chi connectivity index (χ2v) is 5.45. The van der Waals surface area contributed by atoms with Gasteiger partial charge in [-0.15, -0.1) is 0 Å². The Bertz CT molecular complexity index is 332. The third kappa shape index (κ3) is 4.33. The first-order valence-electron chi connectivity index (χ1n) is 5.76. The van der Waals surface area contributed by atoms with E-state index in [0.717, 1.165) is 5.56 Å². The molecule has 2 heteroatoms. The summed E-state index contributed by atoms with van der Waals surface area (Å²) in [4.78, 5) is 0. The van der Waals surface area contributed by atoms with Crippen molar-refractivity contribution in [1.82, 2.24) is 0 Å². The van der Waals surface area contributed by atoms with Crippen molar-refractivity contribution in [3.05, 3.63) is 34.9 Å². The van der Waals surface area contributed by atoms with E-state index in [2.05, 4.69) is 32.0 Å². The van der Waals surface area contributed by atoms with Gasteiger partial charge in [0, 0.05) is 0 Å². The molecule has 0 bridgehead atoms. The molecule has 0 spiro atoms. The molecule has 0 saturated heterocycles. The van der Waals surface area contributed by atoms with E-state index in [1.165, 1.54) is 11.1 Å². The second kappa shape index (κ2) is 4.98. The number of benzene rings is 1. The van der Waals surface area contributed by atoms with Crippen molar-refractivity contribution in [2.45, 2.75) is 46.3 Å². The van der Waals surface area contributed by atoms with Gasteiger partial charge < -0.3 is 10.5 Å². The predicted molar refractivity (Wildman–Crippen MR) is 68.5 cm³/mol. The highest BCUT2D eigenvalue weighted by atomic mass is 16.5. The second-order valence-electron chi connectivity index (χ2n) is 5.45. The molecule has 0 aliphatic carbocycles. The van der Waals surface area contributed by atoms with Crippen LogP contribution in [0.25, 0.3) is 0 Å². The van der Waals surface area contributed by atoms with E-state index in [0.29, 0.717) is 6.61 Å². The van der Waals surface area contributed by atoms with Crippen molar-refractivity contribution in [2.24, 2.45) is 5.73 Å². The van der Waals surface area contributed by atoms with Crippen LogP contribution in [0, 0.1) is 13.8 Å². The molecule has 90 valence electrons. The molecule has 0 amide bonds. The lowest BCUT2D eigenvalue weighted by Crippen LogP contribution is -2.26. The summed E-state index contributed by atoms with van der Waals surface area (Å²) in [5, 5.41) is 0. The summed E-state index contributed by atoms with van der Waals surface area (Å²) in [7, 11) is 0. The monoisotopic (exact) mass is 221 g/mol. The number of aryl methyl sites for hydroxylation is 2. The van der Waals surface area contributed by atoms with Crippen molar-refractivity contribution in [3.63, 3.8) is 0 Å². The maximum atomic E-state index is 6.11. The van der Waals surface area contributed by atoms with Crippen LogP contribution in [0.15, 0.2) is 18.2 Å². The largest absolute Gasteiger partial charge is 0.374 e. The summed E-state index contributed by atoms with van der Waals surface area (Å²) >= 11 is 0. The van der Waals surface area contributed by atoms with Crippen LogP contribution in [-0.4, -0.2) is 12.2 Å². The van der Waals surface area contributed by atoms with Gasteiger partial charge in [-0.3, -0.25) is 0 Å². The summed E-state index contributed by atoms with van der Waals surface area (Å²) < 4.78 is 5.70. The highest BCUT2D eigenvalue weighted by Crippen LogP contribution is 2.17. The maximum Gasteiger partial charge on any atom is 0.0666 e. The Morgan fingerprint density at radius 1 is 1.12 bits per heavy atom. The topological polar surface area (TPSA) is 35.2 Å². The van der Waals surface area contributed by atoms with E-state index in [-0.39, 0.29) is 11.6 Å². The first-order valence-corrected chi connectivity index (χ1v) is 5.76. The lowest BCUT2D eigenvalue weighted by atomic mass is 10.0. The Balaban J connectivity index is 2.69. The number of hydrogen-bond acceptors (Lipinski definition) is 2. The van der Waals surface area contributed by atoms with Gasteiger partial charge in [0.1, 0.15) is 0 Å². The van der Waals surface area contributed by atoms with Crippen molar-refractivity contribution >= 4 is 0 Å². The molecule has 2 nitrogen and oxygen atoms in total. The molecule has 1 unspecified atom stereocenters. The molecule has 0 aliphatic rings. The van der Waals surface area contributed by atoms with E-state index in [1.807, 2.05) is 20.8 Å². The van der Waals surface area contributed by atoms with Crippen LogP contribution >= 0.6 is 0 Å². The Morgan fingerprint density at radius 2 is 1.62 bits per heavy atom. The van der Waals surface area contributed by atoms with Crippen molar-refractivity contribution in [2.75, 3.05) is 6.61 Å². The molecule has 16 heavy (non-hydrogen) atoms. The fourth-order valence-corrected chi connectivity index (χ4v) is 1.66. The van der Waals surface area contributed by atoms with Crippen LogP contribution in [0.1, 0.15) is 43.5 Å². The fourth-order valence-electron chi connectivity index (χ4n) is 1.66. The van der Waals surface area contributed by atoms with Gasteiger partial charge in [0.25, 0.3) is 0 Å². The molecule has 0 aliphatic heterocycles. The number of rotatable bonds is 3. The SMILES string of the molecule is Cc1cc(C)cc(C(N)COC(C)(C)C)c1. The standard InChI is InChI=1S/C14H23NO/c1-10-6-11(2)8-12(7-10)13(15)9-16-14(3,4)5/h6-8,13H,9,15H2,1-5H3. The van der Waals surface area contributed by atoms with E-state index in [9.17, 15) is 0 Å². The third-order valence-corrected chi connectivity index (χ3v) is 2.37. The van der Waals surface area contributed by atoms with Crippen LogP contribution in [0.4, 0.5) is 0 Å². The van der Waals surface area contributed by atoms with Gasteiger partial charge in [0.05, 0.1) is 18.2 Å². The molecule has 0 aromatic heterocycles. The molecule has 2 N–H and O–H groups in total. The predicted octanol–water partition coefficient (Wildman–Crippen LogP) is 3.12. The van der Waals surface area contributed by atoms with E-state index in [4.69, 9.17) is 10.5 Å². The number of ether oxygens (including phenoxy) is 1. The molecule has 1 atom stereocenters. The van der Waals surface area contributed by atoms with Gasteiger partial charge >= 0.3 is 0 Å². The zero-order valence-electron chi connectivity index (χ0n) is 11.0. The summed E-state index contributed by atoms with van der Waals surface area (Å²) in [6.07, 6.45) is 0. The average molecular weight is 221 g/mol. The van der Waals surface area contributed by atoms with Crippen LogP contribution in [0.3, 0.4) is 0 Å². The van der Waals surface area contributed by atoms with Crippen LogP contribution in [0.5, 0.6) is 0 Å². The van der Waals surface area contributed by atoms with Gasteiger partial charge in [0.15, 0.2) is 0 Å². The summed E-state index contributed by atoms with van der Waals surface area (Å²) in [6.45, 7) is 10.9. The highest BCUT2D eigenvalue weighted by molar-refractivity contribution is 5.30. The third-order valence-electron chi connectivity index (χ3n) is 2.37. The first kappa shape index (κ1) is 13.2. The van der Waals surface area contributed by atoms with Gasteiger partial charge in [-0.1, -0.05) is 29.3 Å². The fraction of sp³-hybridized carbons (Fsp3) is 0.571. The normalized spacial score (nSPS) is 13.9. The van der Waals surface area contributed by atoms with Gasteiger partial charge in [-0.25, -0.2) is 0 Å². The number of nitrogens with two attached hydrogens (primary N) is 1. The first-order chi connectivity index (χ1) is 7.28. The molecule has 1 aromatic rings. The Morgan fingerprint density at radius 3 is 2.06 bits per heavy atom. The average Bonchev–Trinajstić information content (AvgIpc) is 2.11. The van der Waals surface area contributed by atoms with Crippen molar-refractivity contribution in [1.29, 1.82) is 0 Å². The molecule has 0 saturated carbocycles. The van der Waals surface area contributed by atoms with E-state index in [1.54, 1.807) is 0 Å². The molecule has 0 heterocycles. The van der Waals surface area contributed by atoms with Crippen LogP contribution in [-0.2, 0) is 4.74 Å². The van der Waals surface area contributed by atoms with Crippen molar-refractivity contribution in [3.8, 4) is 0 Å². The highest BCUT2D eigenvalue weighted by Gasteiger charge is 2.14. The minimum absolute atomic E-state index is 0.0437. The van der Waals surface area contributed by atoms with Gasteiger partial charge in [0.2, 0.25) is 0 Å². The maximum absolute atomic E-state index is 6.11. The lowest BCUT2D eigenvalue weighted by Gasteiger charge is -2.23. The Hall–Kier alpha value is -0.860. The Labute approximate surface area is 98.8 Å². The molecule has 1 rings (SSSR count). The smallest absolute Gasteiger partial charge is 0.0666 e. The van der Waals surface area contributed by atoms with Crippen molar-refractivity contribution < 1.29 is 4.74 Å². The zero-order valence-corrected chi connectivity index (χ0v) is 11.0. The van der Waals surface area contributed by atoms with Crippen LogP contribution in [0.2, 0.25) is 0 Å². The van der Waals surface area contributed by atoms with Crippen LogP contribution < -0.4 is 5.73 Å². The quantitative estimate of drug-likeness (QED) is 0.851. The Kier molecular flexibility index (Phi) is 4.11. The molecular formula is C14H23NO. The number of hydrogen-bond donors (Lipinski definition) is 1. The summed E-state index contributed by atoms with van der Waals surface area (Å²) in [6, 6.07) is 6.37. The van der Waals surface area contributed by atoms with E-state index >= 15 is 0 Å². The molecular weight excluding hydrogens is 198 g/mol. The zero-order chi connectivity index (χ0) is 12.3. The van der Waals surface area contributed by atoms with Gasteiger partial charge in [-0.2, -0.15) is 0 Å². The molecule has 0 radical (unpaired) electrons. The van der Waals surface area contributed by atoms with E-state index < -0.39 is 0 Å². The molecule has 1 aromatic carbocycles. The minimum Gasteiger partial charge on any atom is -0.374 e. The summed E-state index contributed by atoms with van der Waals surface area (Å²) in [5.41, 5.74) is 9.64. The van der Waals surface area contributed by atoms with Gasteiger partial charge in [-0.05, 0) is 40.2 Å². The summed E-state index contributed by atoms with van der Waals surface area (Å²) in [5.74, 6) is 0. The lowest BCUT2D eigenvalue weighted by molar-refractivity contribution is -0.0102.